The van der Waals surface area contributed by atoms with Crippen LogP contribution in [0.2, 0.25) is 0 Å². The van der Waals surface area contributed by atoms with E-state index in [1.807, 2.05) is 0 Å². The van der Waals surface area contributed by atoms with E-state index < -0.39 is 21.1 Å². The molecular weight excluding hydrogens is 284 g/mol. The Kier molecular flexibility index (Phi) is 4.14. The van der Waals surface area contributed by atoms with Gasteiger partial charge in [-0.05, 0) is 12.8 Å². The normalized spacial score (nSPS) is 19.4. The summed E-state index contributed by atoms with van der Waals surface area (Å²) in [5.74, 6) is -0.398. The van der Waals surface area contributed by atoms with Crippen molar-refractivity contribution in [1.29, 1.82) is 0 Å². The highest BCUT2D eigenvalue weighted by Gasteiger charge is 2.24. The minimum Gasteiger partial charge on any atom is -0.377 e. The molecule has 0 aliphatic carbocycles. The molecule has 0 unspecified atom stereocenters. The standard InChI is InChI=1S/C12H18N2O5S/c1-13-9(6-11(15)14(2)12(13)16)7-20(17,18)8-10-4-3-5-19-10/h6,10H,3-5,7-8H2,1-2H3/t10-/m0/s1. The molecule has 1 atom stereocenters. The minimum absolute atomic E-state index is 0.0730. The average molecular weight is 302 g/mol. The first-order valence-electron chi connectivity index (χ1n) is 6.38. The lowest BCUT2D eigenvalue weighted by atomic mass is 10.3. The van der Waals surface area contributed by atoms with Gasteiger partial charge in [-0.2, -0.15) is 0 Å². The molecule has 2 heterocycles. The van der Waals surface area contributed by atoms with Crippen molar-refractivity contribution in [3.05, 3.63) is 32.6 Å². The Morgan fingerprint density at radius 3 is 2.60 bits per heavy atom. The van der Waals surface area contributed by atoms with E-state index in [1.165, 1.54) is 24.7 Å². The molecule has 8 heteroatoms. The SMILES string of the molecule is Cn1c(CS(=O)(=O)C[C@@H]2CCCO2)cc(=O)n(C)c1=O. The van der Waals surface area contributed by atoms with Gasteiger partial charge in [-0.3, -0.25) is 13.9 Å². The van der Waals surface area contributed by atoms with Crippen molar-refractivity contribution in [2.45, 2.75) is 24.7 Å². The maximum absolute atomic E-state index is 12.1. The fourth-order valence-electron chi connectivity index (χ4n) is 2.26. The highest BCUT2D eigenvalue weighted by Crippen LogP contribution is 2.15. The topological polar surface area (TPSA) is 87.4 Å². The van der Waals surface area contributed by atoms with Crippen molar-refractivity contribution in [3.63, 3.8) is 0 Å². The van der Waals surface area contributed by atoms with E-state index in [0.29, 0.717) is 6.61 Å². The number of rotatable bonds is 4. The number of hydrogen-bond donors (Lipinski definition) is 0. The van der Waals surface area contributed by atoms with Crippen LogP contribution in [0.5, 0.6) is 0 Å². The molecule has 1 aliphatic heterocycles. The van der Waals surface area contributed by atoms with Gasteiger partial charge in [-0.1, -0.05) is 0 Å². The molecule has 0 bridgehead atoms. The molecule has 2 rings (SSSR count). The van der Waals surface area contributed by atoms with Crippen molar-refractivity contribution in [2.75, 3.05) is 12.4 Å². The van der Waals surface area contributed by atoms with Crippen LogP contribution in [0.1, 0.15) is 18.5 Å². The van der Waals surface area contributed by atoms with Gasteiger partial charge in [0, 0.05) is 32.5 Å². The summed E-state index contributed by atoms with van der Waals surface area (Å²) in [6.45, 7) is 0.588. The van der Waals surface area contributed by atoms with E-state index in [2.05, 4.69) is 0 Å². The molecule has 1 aromatic heterocycles. The van der Waals surface area contributed by atoms with Crippen molar-refractivity contribution in [1.82, 2.24) is 9.13 Å². The molecule has 0 saturated carbocycles. The first-order valence-corrected chi connectivity index (χ1v) is 8.20. The zero-order chi connectivity index (χ0) is 14.9. The van der Waals surface area contributed by atoms with E-state index in [-0.39, 0.29) is 23.3 Å². The molecule has 0 aromatic carbocycles. The van der Waals surface area contributed by atoms with Crippen molar-refractivity contribution < 1.29 is 13.2 Å². The molecule has 0 radical (unpaired) electrons. The fourth-order valence-corrected chi connectivity index (χ4v) is 3.93. The molecule has 1 fully saturated rings. The first-order chi connectivity index (χ1) is 9.30. The van der Waals surface area contributed by atoms with Crippen LogP contribution in [0.15, 0.2) is 15.7 Å². The second kappa shape index (κ2) is 5.53. The number of hydrogen-bond acceptors (Lipinski definition) is 5. The van der Waals surface area contributed by atoms with Gasteiger partial charge < -0.3 is 4.74 Å². The van der Waals surface area contributed by atoms with E-state index in [0.717, 1.165) is 17.4 Å². The predicted octanol–water partition coefficient (Wildman–Crippen LogP) is -0.822. The Hall–Kier alpha value is -1.41. The lowest BCUT2D eigenvalue weighted by Crippen LogP contribution is -2.38. The zero-order valence-corrected chi connectivity index (χ0v) is 12.4. The van der Waals surface area contributed by atoms with E-state index >= 15 is 0 Å². The quantitative estimate of drug-likeness (QED) is 0.725. The maximum Gasteiger partial charge on any atom is 0.330 e. The number of sulfone groups is 1. The molecule has 1 aliphatic rings. The third kappa shape index (κ3) is 3.18. The van der Waals surface area contributed by atoms with Crippen molar-refractivity contribution >= 4 is 9.84 Å². The number of aromatic nitrogens is 2. The lowest BCUT2D eigenvalue weighted by molar-refractivity contribution is 0.127. The number of nitrogens with zero attached hydrogens (tertiary/aromatic N) is 2. The average Bonchev–Trinajstić information content (AvgIpc) is 2.85. The second-order valence-corrected chi connectivity index (χ2v) is 7.17. The van der Waals surface area contributed by atoms with Crippen LogP contribution in [0.4, 0.5) is 0 Å². The summed E-state index contributed by atoms with van der Waals surface area (Å²) in [6, 6.07) is 1.19. The molecule has 112 valence electrons. The summed E-state index contributed by atoms with van der Waals surface area (Å²) < 4.78 is 31.7. The van der Waals surface area contributed by atoms with Gasteiger partial charge in [0.25, 0.3) is 5.56 Å². The van der Waals surface area contributed by atoms with Gasteiger partial charge >= 0.3 is 5.69 Å². The Morgan fingerprint density at radius 2 is 2.00 bits per heavy atom. The van der Waals surface area contributed by atoms with Gasteiger partial charge in [-0.25, -0.2) is 13.2 Å². The van der Waals surface area contributed by atoms with Gasteiger partial charge in [0.1, 0.15) is 0 Å². The highest BCUT2D eigenvalue weighted by molar-refractivity contribution is 7.90. The fraction of sp³-hybridized carbons (Fsp3) is 0.667. The molecule has 7 nitrogen and oxygen atoms in total. The van der Waals surface area contributed by atoms with E-state index in [1.54, 1.807) is 0 Å². The molecule has 20 heavy (non-hydrogen) atoms. The molecule has 1 saturated heterocycles. The third-order valence-electron chi connectivity index (χ3n) is 3.46. The smallest absolute Gasteiger partial charge is 0.330 e. The molecule has 0 spiro atoms. The van der Waals surface area contributed by atoms with E-state index in [9.17, 15) is 18.0 Å². The first kappa shape index (κ1) is 15.0. The Morgan fingerprint density at radius 1 is 1.30 bits per heavy atom. The largest absolute Gasteiger partial charge is 0.377 e. The highest BCUT2D eigenvalue weighted by atomic mass is 32.2. The summed E-state index contributed by atoms with van der Waals surface area (Å²) in [6.07, 6.45) is 1.32. The second-order valence-electron chi connectivity index (χ2n) is 5.06. The van der Waals surface area contributed by atoms with Crippen LogP contribution in [-0.4, -0.2) is 36.0 Å². The predicted molar refractivity (Wildman–Crippen MR) is 73.4 cm³/mol. The van der Waals surface area contributed by atoms with Gasteiger partial charge in [0.05, 0.1) is 17.6 Å². The van der Waals surface area contributed by atoms with Crippen LogP contribution in [0, 0.1) is 0 Å². The summed E-state index contributed by atoms with van der Waals surface area (Å²) in [4.78, 5) is 23.3. The summed E-state index contributed by atoms with van der Waals surface area (Å²) in [5.41, 5.74) is -0.827. The van der Waals surface area contributed by atoms with Gasteiger partial charge in [0.2, 0.25) is 0 Å². The monoisotopic (exact) mass is 302 g/mol. The molecule has 0 N–H and O–H groups in total. The Bertz CT molecular complexity index is 710. The van der Waals surface area contributed by atoms with Crippen molar-refractivity contribution in [2.24, 2.45) is 14.1 Å². The van der Waals surface area contributed by atoms with Crippen LogP contribution in [-0.2, 0) is 34.4 Å². The Labute approximate surface area is 116 Å². The summed E-state index contributed by atoms with van der Waals surface area (Å²) in [7, 11) is -0.606. The Balaban J connectivity index is 2.25. The van der Waals surface area contributed by atoms with E-state index in [4.69, 9.17) is 4.74 Å². The maximum atomic E-state index is 12.1. The van der Waals surface area contributed by atoms with Crippen LogP contribution >= 0.6 is 0 Å². The van der Waals surface area contributed by atoms with Crippen LogP contribution < -0.4 is 11.2 Å². The summed E-state index contributed by atoms with van der Waals surface area (Å²) >= 11 is 0. The van der Waals surface area contributed by atoms with Crippen molar-refractivity contribution in [3.8, 4) is 0 Å². The molecular formula is C12H18N2O5S. The summed E-state index contributed by atoms with van der Waals surface area (Å²) in [5, 5.41) is 0. The van der Waals surface area contributed by atoms with Gasteiger partial charge in [-0.15, -0.1) is 0 Å². The van der Waals surface area contributed by atoms with Gasteiger partial charge in [0.15, 0.2) is 9.84 Å². The molecule has 0 amide bonds. The minimum atomic E-state index is -3.42. The molecule has 1 aromatic rings. The number of ether oxygens (including phenoxy) is 1. The zero-order valence-electron chi connectivity index (χ0n) is 11.5. The lowest BCUT2D eigenvalue weighted by Gasteiger charge is -2.12. The van der Waals surface area contributed by atoms with Crippen LogP contribution in [0.25, 0.3) is 0 Å². The third-order valence-corrected chi connectivity index (χ3v) is 5.07. The van der Waals surface area contributed by atoms with Crippen LogP contribution in [0.3, 0.4) is 0 Å².